The molecule has 1 spiro atoms. The lowest BCUT2D eigenvalue weighted by Crippen LogP contribution is -2.78. The lowest BCUT2D eigenvalue weighted by Gasteiger charge is -2.61. The van der Waals surface area contributed by atoms with Gasteiger partial charge < -0.3 is 10.0 Å². The number of pyridine rings is 1. The van der Waals surface area contributed by atoms with Gasteiger partial charge in [0.05, 0.1) is 17.2 Å². The molecule has 1 amide bonds. The molecule has 0 bridgehead atoms. The van der Waals surface area contributed by atoms with Crippen molar-refractivity contribution in [2.24, 2.45) is 5.92 Å². The van der Waals surface area contributed by atoms with E-state index in [0.29, 0.717) is 5.56 Å². The van der Waals surface area contributed by atoms with Gasteiger partial charge in [-0.25, -0.2) is 0 Å². The average Bonchev–Trinajstić information content (AvgIpc) is 3.32. The van der Waals surface area contributed by atoms with Gasteiger partial charge in [-0.15, -0.1) is 0 Å². The van der Waals surface area contributed by atoms with Crippen molar-refractivity contribution in [3.8, 4) is 0 Å². The maximum atomic E-state index is 13.0. The number of aromatic nitrogens is 1. The molecule has 4 fully saturated rings. The van der Waals surface area contributed by atoms with Crippen LogP contribution < -0.4 is 0 Å². The number of carbonyl (C=O) groups excluding carboxylic acids is 1. The van der Waals surface area contributed by atoms with Crippen LogP contribution in [0, 0.1) is 5.92 Å². The van der Waals surface area contributed by atoms with E-state index in [-0.39, 0.29) is 23.6 Å². The van der Waals surface area contributed by atoms with Crippen LogP contribution in [-0.2, 0) is 0 Å². The standard InChI is InChI=1S/C19H26N4O2/c24-17-6-16-9-22(18(25)15-2-1-5-20-7-15)13-19(23(16)10-17)11-21(12-19)8-14-3-4-14/h1-2,5,7,14,16-17,24H,3-4,6,8-13H2/t16-,17+/m0/s1. The van der Waals surface area contributed by atoms with Gasteiger partial charge in [0.15, 0.2) is 0 Å². The molecule has 4 heterocycles. The van der Waals surface area contributed by atoms with Crippen LogP contribution in [0.4, 0.5) is 0 Å². The molecule has 5 rings (SSSR count). The van der Waals surface area contributed by atoms with Crippen molar-refractivity contribution in [2.45, 2.75) is 36.9 Å². The number of amides is 1. The highest BCUT2D eigenvalue weighted by molar-refractivity contribution is 5.94. The first kappa shape index (κ1) is 15.7. The number of carbonyl (C=O) groups is 1. The minimum absolute atomic E-state index is 0.0349. The zero-order chi connectivity index (χ0) is 17.0. The molecule has 6 heteroatoms. The Kier molecular flexibility index (Phi) is 3.62. The summed E-state index contributed by atoms with van der Waals surface area (Å²) < 4.78 is 0. The molecule has 1 aromatic rings. The monoisotopic (exact) mass is 342 g/mol. The second-order valence-electron chi connectivity index (χ2n) is 8.46. The van der Waals surface area contributed by atoms with Crippen LogP contribution in [0.5, 0.6) is 0 Å². The van der Waals surface area contributed by atoms with E-state index in [1.165, 1.54) is 19.4 Å². The predicted octanol–water partition coefficient (Wildman–Crippen LogP) is 0.437. The molecule has 0 unspecified atom stereocenters. The molecule has 0 radical (unpaired) electrons. The summed E-state index contributed by atoms with van der Waals surface area (Å²) in [5.74, 6) is 0.975. The molecule has 2 atom stereocenters. The normalized spacial score (nSPS) is 31.8. The number of hydrogen-bond donors (Lipinski definition) is 1. The van der Waals surface area contributed by atoms with Gasteiger partial charge in [0, 0.05) is 57.7 Å². The lowest BCUT2D eigenvalue weighted by molar-refractivity contribution is -0.106. The molecule has 3 aliphatic heterocycles. The SMILES string of the molecule is O=C(c1cccnc1)N1C[C@@H]2C[C@@H](O)CN2C2(CN(CC3CC3)C2)C1. The van der Waals surface area contributed by atoms with Gasteiger partial charge in [0.2, 0.25) is 0 Å². The minimum atomic E-state index is -0.257. The maximum Gasteiger partial charge on any atom is 0.255 e. The third-order valence-corrected chi connectivity index (χ3v) is 6.36. The molecule has 1 aliphatic carbocycles. The molecule has 25 heavy (non-hydrogen) atoms. The summed E-state index contributed by atoms with van der Waals surface area (Å²) in [6, 6.07) is 3.95. The molecule has 134 valence electrons. The van der Waals surface area contributed by atoms with E-state index in [0.717, 1.165) is 45.1 Å². The zero-order valence-corrected chi connectivity index (χ0v) is 14.5. The minimum Gasteiger partial charge on any atom is -0.392 e. The van der Waals surface area contributed by atoms with Crippen LogP contribution in [-0.4, -0.2) is 87.7 Å². The van der Waals surface area contributed by atoms with Crippen molar-refractivity contribution in [3.05, 3.63) is 30.1 Å². The lowest BCUT2D eigenvalue weighted by atomic mass is 9.83. The summed E-state index contributed by atoms with van der Waals surface area (Å²) >= 11 is 0. The van der Waals surface area contributed by atoms with Gasteiger partial charge in [-0.2, -0.15) is 0 Å². The van der Waals surface area contributed by atoms with Gasteiger partial charge in [0.1, 0.15) is 0 Å². The molecule has 3 saturated heterocycles. The Balaban J connectivity index is 1.35. The number of rotatable bonds is 3. The predicted molar refractivity (Wildman–Crippen MR) is 93.2 cm³/mol. The maximum absolute atomic E-state index is 13.0. The fourth-order valence-corrected chi connectivity index (χ4v) is 5.10. The topological polar surface area (TPSA) is 59.9 Å². The van der Waals surface area contributed by atoms with Crippen molar-refractivity contribution in [3.63, 3.8) is 0 Å². The van der Waals surface area contributed by atoms with Gasteiger partial charge in [-0.3, -0.25) is 19.6 Å². The highest BCUT2D eigenvalue weighted by Gasteiger charge is 2.57. The van der Waals surface area contributed by atoms with E-state index >= 15 is 0 Å². The largest absolute Gasteiger partial charge is 0.392 e. The Bertz CT molecular complexity index is 657. The fourth-order valence-electron chi connectivity index (χ4n) is 5.10. The molecule has 6 nitrogen and oxygen atoms in total. The van der Waals surface area contributed by atoms with Crippen LogP contribution in [0.25, 0.3) is 0 Å². The Morgan fingerprint density at radius 1 is 1.28 bits per heavy atom. The van der Waals surface area contributed by atoms with Crippen molar-refractivity contribution in [1.82, 2.24) is 19.7 Å². The first-order valence-electron chi connectivity index (χ1n) is 9.49. The number of β-amino-alcohol motifs (C(OH)–C–C–N with tert-alkyl or cyclic N) is 1. The van der Waals surface area contributed by atoms with Gasteiger partial charge in [-0.05, 0) is 37.3 Å². The second kappa shape index (κ2) is 5.76. The van der Waals surface area contributed by atoms with Crippen molar-refractivity contribution in [2.75, 3.05) is 39.3 Å². The number of fused-ring (bicyclic) bond motifs is 2. The zero-order valence-electron chi connectivity index (χ0n) is 14.5. The Hall–Kier alpha value is -1.50. The summed E-state index contributed by atoms with van der Waals surface area (Å²) in [5, 5.41) is 10.2. The highest BCUT2D eigenvalue weighted by atomic mass is 16.3. The fraction of sp³-hybridized carbons (Fsp3) is 0.684. The summed E-state index contributed by atoms with van der Waals surface area (Å²) in [6.45, 7) is 5.52. The van der Waals surface area contributed by atoms with Gasteiger partial charge >= 0.3 is 0 Å². The van der Waals surface area contributed by atoms with Crippen LogP contribution in [0.15, 0.2) is 24.5 Å². The number of nitrogens with zero attached hydrogens (tertiary/aromatic N) is 4. The smallest absolute Gasteiger partial charge is 0.255 e. The van der Waals surface area contributed by atoms with E-state index in [1.807, 2.05) is 17.0 Å². The van der Waals surface area contributed by atoms with Crippen molar-refractivity contribution >= 4 is 5.91 Å². The molecule has 0 aromatic carbocycles. The van der Waals surface area contributed by atoms with Crippen LogP contribution >= 0.6 is 0 Å². The Morgan fingerprint density at radius 2 is 2.12 bits per heavy atom. The summed E-state index contributed by atoms with van der Waals surface area (Å²) in [4.78, 5) is 24.1. The molecular weight excluding hydrogens is 316 g/mol. The highest BCUT2D eigenvalue weighted by Crippen LogP contribution is 2.41. The van der Waals surface area contributed by atoms with Crippen LogP contribution in [0.1, 0.15) is 29.6 Å². The Morgan fingerprint density at radius 3 is 2.84 bits per heavy atom. The second-order valence-corrected chi connectivity index (χ2v) is 8.46. The molecule has 1 aromatic heterocycles. The molecule has 1 saturated carbocycles. The van der Waals surface area contributed by atoms with E-state index in [1.54, 1.807) is 12.4 Å². The quantitative estimate of drug-likeness (QED) is 0.864. The van der Waals surface area contributed by atoms with E-state index in [4.69, 9.17) is 0 Å². The van der Waals surface area contributed by atoms with E-state index < -0.39 is 0 Å². The summed E-state index contributed by atoms with van der Waals surface area (Å²) in [5.41, 5.74) is 0.700. The number of aliphatic hydroxyl groups excluding tert-OH is 1. The molecule has 4 aliphatic rings. The Labute approximate surface area is 148 Å². The summed E-state index contributed by atoms with van der Waals surface area (Å²) in [7, 11) is 0. The average molecular weight is 342 g/mol. The third kappa shape index (κ3) is 2.76. The number of hydrogen-bond acceptors (Lipinski definition) is 5. The first-order valence-corrected chi connectivity index (χ1v) is 9.49. The number of aliphatic hydroxyl groups is 1. The van der Waals surface area contributed by atoms with Crippen molar-refractivity contribution in [1.29, 1.82) is 0 Å². The van der Waals surface area contributed by atoms with E-state index in [2.05, 4.69) is 14.8 Å². The van der Waals surface area contributed by atoms with Gasteiger partial charge in [0.25, 0.3) is 5.91 Å². The molecule has 1 N–H and O–H groups in total. The van der Waals surface area contributed by atoms with Crippen LogP contribution in [0.2, 0.25) is 0 Å². The van der Waals surface area contributed by atoms with Crippen LogP contribution in [0.3, 0.4) is 0 Å². The molecular formula is C19H26N4O2. The van der Waals surface area contributed by atoms with Crippen molar-refractivity contribution < 1.29 is 9.90 Å². The van der Waals surface area contributed by atoms with E-state index in [9.17, 15) is 9.90 Å². The van der Waals surface area contributed by atoms with Gasteiger partial charge in [-0.1, -0.05) is 0 Å². The summed E-state index contributed by atoms with van der Waals surface area (Å²) in [6.07, 6.45) is 6.63. The number of piperazine rings is 1. The number of likely N-dealkylation sites (tertiary alicyclic amines) is 1. The third-order valence-electron chi connectivity index (χ3n) is 6.36. The first-order chi connectivity index (χ1) is 12.1.